The summed E-state index contributed by atoms with van der Waals surface area (Å²) in [4.78, 5) is 2.10. The summed E-state index contributed by atoms with van der Waals surface area (Å²) in [6.07, 6.45) is 4.07. The lowest BCUT2D eigenvalue weighted by Crippen LogP contribution is -2.46. The zero-order valence-corrected chi connectivity index (χ0v) is 12.9. The molecule has 1 heterocycles. The molecule has 0 spiro atoms. The van der Waals surface area contributed by atoms with E-state index in [1.165, 1.54) is 0 Å². The van der Waals surface area contributed by atoms with Crippen molar-refractivity contribution < 1.29 is 0 Å². The number of rotatable bonds is 0. The Labute approximate surface area is 123 Å². The second kappa shape index (κ2) is 4.63. The van der Waals surface area contributed by atoms with Crippen molar-refractivity contribution in [2.75, 3.05) is 0 Å². The fourth-order valence-corrected chi connectivity index (χ4v) is 2.92. The molecule has 0 N–H and O–H groups in total. The fraction of sp³-hybridized carbons (Fsp3) is 0.429. The minimum atomic E-state index is -1.37. The molecule has 0 saturated heterocycles. The largest absolute Gasteiger partial charge is 0.361 e. The molecule has 0 aromatic heterocycles. The first kappa shape index (κ1) is 14.0. The first-order valence-electron chi connectivity index (χ1n) is 5.83. The molecule has 0 fully saturated rings. The van der Waals surface area contributed by atoms with Crippen molar-refractivity contribution in [2.24, 2.45) is 0 Å². The van der Waals surface area contributed by atoms with Gasteiger partial charge in [-0.1, -0.05) is 59.1 Å². The van der Waals surface area contributed by atoms with Crippen molar-refractivity contribution in [1.82, 2.24) is 4.90 Å². The summed E-state index contributed by atoms with van der Waals surface area (Å²) in [5.74, 6) is 0. The van der Waals surface area contributed by atoms with Crippen molar-refractivity contribution in [3.05, 3.63) is 41.6 Å². The predicted octanol–water partition coefficient (Wildman–Crippen LogP) is 5.18. The summed E-state index contributed by atoms with van der Waals surface area (Å²) >= 11 is 18.6. The van der Waals surface area contributed by atoms with Crippen LogP contribution >= 0.6 is 34.8 Å². The van der Waals surface area contributed by atoms with Crippen LogP contribution in [0.4, 0.5) is 0 Å². The van der Waals surface area contributed by atoms with E-state index in [1.807, 2.05) is 30.5 Å². The molecule has 18 heavy (non-hydrogen) atoms. The Morgan fingerprint density at radius 1 is 1.06 bits per heavy atom. The maximum atomic E-state index is 6.20. The fourth-order valence-electron chi connectivity index (χ4n) is 2.25. The van der Waals surface area contributed by atoms with E-state index < -0.39 is 3.79 Å². The minimum absolute atomic E-state index is 0.112. The van der Waals surface area contributed by atoms with E-state index in [2.05, 4.69) is 31.7 Å². The van der Waals surface area contributed by atoms with Gasteiger partial charge in [-0.15, -0.1) is 0 Å². The van der Waals surface area contributed by atoms with Gasteiger partial charge >= 0.3 is 0 Å². The van der Waals surface area contributed by atoms with Crippen molar-refractivity contribution in [1.29, 1.82) is 0 Å². The molecule has 1 aromatic rings. The van der Waals surface area contributed by atoms with Crippen LogP contribution in [-0.2, 0) is 0 Å². The maximum Gasteiger partial charge on any atom is 0.214 e. The third kappa shape index (κ3) is 2.64. The third-order valence-electron chi connectivity index (χ3n) is 3.07. The minimum Gasteiger partial charge on any atom is -0.361 e. The van der Waals surface area contributed by atoms with Gasteiger partial charge in [0.1, 0.15) is 6.04 Å². The Hall–Kier alpha value is -0.370. The van der Waals surface area contributed by atoms with E-state index >= 15 is 0 Å². The zero-order valence-electron chi connectivity index (χ0n) is 10.6. The molecule has 1 aromatic carbocycles. The van der Waals surface area contributed by atoms with Gasteiger partial charge < -0.3 is 4.90 Å². The maximum absolute atomic E-state index is 6.20. The van der Waals surface area contributed by atoms with Crippen LogP contribution in [-0.4, -0.2) is 14.2 Å². The molecule has 2 rings (SSSR count). The van der Waals surface area contributed by atoms with Crippen LogP contribution in [0.15, 0.2) is 30.5 Å². The molecular formula is C14H16Cl3N. The second-order valence-electron chi connectivity index (χ2n) is 5.47. The first-order valence-corrected chi connectivity index (χ1v) is 6.97. The van der Waals surface area contributed by atoms with Gasteiger partial charge in [0.05, 0.1) is 0 Å². The molecule has 1 aliphatic rings. The van der Waals surface area contributed by atoms with E-state index in [0.29, 0.717) is 0 Å². The van der Waals surface area contributed by atoms with Gasteiger partial charge in [-0.05, 0) is 38.0 Å². The highest BCUT2D eigenvalue weighted by Gasteiger charge is 2.43. The number of benzene rings is 1. The number of hydrogen-bond donors (Lipinski definition) is 0. The molecule has 0 amide bonds. The highest BCUT2D eigenvalue weighted by atomic mass is 35.6. The molecule has 98 valence electrons. The average Bonchev–Trinajstić information content (AvgIpc) is 2.24. The smallest absolute Gasteiger partial charge is 0.214 e. The summed E-state index contributed by atoms with van der Waals surface area (Å²) < 4.78 is -1.37. The van der Waals surface area contributed by atoms with Crippen LogP contribution in [0.2, 0.25) is 0 Å². The first-order chi connectivity index (χ1) is 8.21. The van der Waals surface area contributed by atoms with Crippen LogP contribution in [0.3, 0.4) is 0 Å². The van der Waals surface area contributed by atoms with Gasteiger partial charge in [0.15, 0.2) is 0 Å². The van der Waals surface area contributed by atoms with Crippen LogP contribution in [0.5, 0.6) is 0 Å². The summed E-state index contributed by atoms with van der Waals surface area (Å²) in [6, 6.07) is 7.75. The van der Waals surface area contributed by atoms with Gasteiger partial charge in [-0.3, -0.25) is 0 Å². The van der Waals surface area contributed by atoms with Gasteiger partial charge in [-0.2, -0.15) is 0 Å². The molecule has 0 bridgehead atoms. The van der Waals surface area contributed by atoms with Crippen LogP contribution in [0.25, 0.3) is 6.08 Å². The highest BCUT2D eigenvalue weighted by Crippen LogP contribution is 2.49. The van der Waals surface area contributed by atoms with Crippen LogP contribution in [0.1, 0.15) is 37.9 Å². The van der Waals surface area contributed by atoms with Crippen molar-refractivity contribution in [2.45, 2.75) is 36.1 Å². The molecule has 1 unspecified atom stereocenters. The molecule has 0 saturated carbocycles. The number of fused-ring (bicyclic) bond motifs is 1. The van der Waals surface area contributed by atoms with Gasteiger partial charge in [0, 0.05) is 11.7 Å². The Kier molecular flexibility index (Phi) is 3.61. The molecule has 1 atom stereocenters. The van der Waals surface area contributed by atoms with Crippen LogP contribution < -0.4 is 0 Å². The monoisotopic (exact) mass is 303 g/mol. The second-order valence-corrected chi connectivity index (χ2v) is 7.84. The quantitative estimate of drug-likeness (QED) is 0.597. The Morgan fingerprint density at radius 3 is 2.22 bits per heavy atom. The SMILES string of the molecule is CC(C)(C)N1C=Cc2ccccc2C1C(Cl)(Cl)Cl. The summed E-state index contributed by atoms with van der Waals surface area (Å²) in [5.41, 5.74) is 2.04. The predicted molar refractivity (Wildman–Crippen MR) is 80.1 cm³/mol. The number of halogens is 3. The van der Waals surface area contributed by atoms with E-state index in [4.69, 9.17) is 34.8 Å². The van der Waals surface area contributed by atoms with Crippen molar-refractivity contribution in [3.63, 3.8) is 0 Å². The molecular weight excluding hydrogens is 289 g/mol. The Bertz CT molecular complexity index is 469. The lowest BCUT2D eigenvalue weighted by atomic mass is 9.92. The molecule has 4 heteroatoms. The lowest BCUT2D eigenvalue weighted by Gasteiger charge is -2.46. The molecule has 1 nitrogen and oxygen atoms in total. The molecule has 0 aliphatic carbocycles. The molecule has 1 aliphatic heterocycles. The van der Waals surface area contributed by atoms with Gasteiger partial charge in [-0.25, -0.2) is 0 Å². The van der Waals surface area contributed by atoms with Crippen LogP contribution in [0, 0.1) is 0 Å². The van der Waals surface area contributed by atoms with E-state index in [9.17, 15) is 0 Å². The van der Waals surface area contributed by atoms with Gasteiger partial charge in [0.2, 0.25) is 3.79 Å². The summed E-state index contributed by atoms with van der Waals surface area (Å²) in [7, 11) is 0. The van der Waals surface area contributed by atoms with Gasteiger partial charge in [0.25, 0.3) is 0 Å². The van der Waals surface area contributed by atoms with E-state index in [1.54, 1.807) is 0 Å². The molecule has 0 radical (unpaired) electrons. The topological polar surface area (TPSA) is 3.24 Å². The normalized spacial score (nSPS) is 19.9. The lowest BCUT2D eigenvalue weighted by molar-refractivity contribution is 0.145. The summed E-state index contributed by atoms with van der Waals surface area (Å²) in [5, 5.41) is 0. The average molecular weight is 305 g/mol. The number of hydrogen-bond acceptors (Lipinski definition) is 1. The van der Waals surface area contributed by atoms with E-state index in [0.717, 1.165) is 11.1 Å². The highest BCUT2D eigenvalue weighted by molar-refractivity contribution is 6.68. The number of alkyl halides is 3. The summed E-state index contributed by atoms with van der Waals surface area (Å²) in [6.45, 7) is 6.32. The standard InChI is InChI=1S/C14H16Cl3N/c1-13(2,3)18-9-8-10-6-4-5-7-11(10)12(18)14(15,16)17/h4-9,12H,1-3H3. The van der Waals surface area contributed by atoms with E-state index in [-0.39, 0.29) is 11.6 Å². The van der Waals surface area contributed by atoms with Crippen molar-refractivity contribution >= 4 is 40.9 Å². The Balaban J connectivity index is 2.56. The zero-order chi connectivity index (χ0) is 13.6. The number of nitrogens with zero attached hydrogens (tertiary/aromatic N) is 1. The Morgan fingerprint density at radius 2 is 1.67 bits per heavy atom. The third-order valence-corrected chi connectivity index (χ3v) is 3.69. The van der Waals surface area contributed by atoms with Crippen molar-refractivity contribution in [3.8, 4) is 0 Å².